The molecule has 0 spiro atoms. The molecule has 0 saturated heterocycles. The van der Waals surface area contributed by atoms with Crippen LogP contribution < -0.4 is 15.7 Å². The van der Waals surface area contributed by atoms with Gasteiger partial charge in [0, 0.05) is 11.8 Å². The maximum absolute atomic E-state index is 11.3. The topological polar surface area (TPSA) is 79.4 Å². The van der Waals surface area contributed by atoms with E-state index in [9.17, 15) is 4.79 Å². The van der Waals surface area contributed by atoms with Crippen molar-refractivity contribution >= 4 is 27.6 Å². The zero-order chi connectivity index (χ0) is 15.4. The van der Waals surface area contributed by atoms with Gasteiger partial charge in [-0.3, -0.25) is 9.78 Å². The van der Waals surface area contributed by atoms with E-state index in [-0.39, 0.29) is 5.56 Å². The number of rotatable bonds is 4. The molecular formula is C14H15BrN4O2. The Balaban J connectivity index is 2.21. The summed E-state index contributed by atoms with van der Waals surface area (Å²) in [6.07, 6.45) is 0. The summed E-state index contributed by atoms with van der Waals surface area (Å²) in [6, 6.07) is 7.08. The first-order chi connectivity index (χ1) is 9.99. The maximum atomic E-state index is 11.3. The molecule has 2 N–H and O–H groups in total. The highest BCUT2D eigenvalue weighted by Gasteiger charge is 2.04. The number of aromatic nitrogens is 2. The molecule has 0 aliphatic carbocycles. The molecular weight excluding hydrogens is 336 g/mol. The number of anilines is 1. The third-order valence-electron chi connectivity index (χ3n) is 2.77. The number of ether oxygens (including phenoxy) is 1. The third-order valence-corrected chi connectivity index (χ3v) is 3.39. The molecule has 110 valence electrons. The lowest BCUT2D eigenvalue weighted by molar-refractivity contribution is 0.412. The van der Waals surface area contributed by atoms with E-state index in [4.69, 9.17) is 4.74 Å². The number of nitrogens with zero attached hydrogens (tertiary/aromatic N) is 2. The zero-order valence-electron chi connectivity index (χ0n) is 11.9. The first-order valence-corrected chi connectivity index (χ1v) is 7.01. The van der Waals surface area contributed by atoms with Crippen molar-refractivity contribution in [1.82, 2.24) is 9.97 Å². The summed E-state index contributed by atoms with van der Waals surface area (Å²) in [5.74, 6) is 1.07. The van der Waals surface area contributed by atoms with Crippen LogP contribution >= 0.6 is 15.9 Å². The van der Waals surface area contributed by atoms with E-state index >= 15 is 0 Å². The molecule has 0 saturated carbocycles. The molecule has 0 aliphatic heterocycles. The molecule has 7 heteroatoms. The van der Waals surface area contributed by atoms with Crippen LogP contribution in [0.4, 0.5) is 5.95 Å². The highest BCUT2D eigenvalue weighted by Crippen LogP contribution is 2.25. The zero-order valence-corrected chi connectivity index (χ0v) is 13.5. The number of aromatic amines is 1. The van der Waals surface area contributed by atoms with Crippen LogP contribution in [0.5, 0.6) is 5.75 Å². The molecule has 0 unspecified atom stereocenters. The second-order valence-electron chi connectivity index (χ2n) is 4.39. The van der Waals surface area contributed by atoms with Crippen LogP contribution in [0.15, 0.2) is 38.6 Å². The Kier molecular flexibility index (Phi) is 4.74. The fourth-order valence-corrected chi connectivity index (χ4v) is 2.27. The van der Waals surface area contributed by atoms with E-state index in [1.54, 1.807) is 14.0 Å². The molecule has 1 heterocycles. The standard InChI is InChI=1S/C14H15BrN4O2/c1-8-6-13(20)17-14(16-8)19-18-9(2)10-4-5-12(21-3)11(15)7-10/h4-7H,1-3H3,(H2,16,17,19,20)/b18-9-. The number of halogens is 1. The molecule has 1 aromatic carbocycles. The van der Waals surface area contributed by atoms with Gasteiger partial charge >= 0.3 is 0 Å². The van der Waals surface area contributed by atoms with Gasteiger partial charge in [-0.2, -0.15) is 5.10 Å². The molecule has 2 aromatic rings. The summed E-state index contributed by atoms with van der Waals surface area (Å²) in [6.45, 7) is 3.60. The molecule has 0 amide bonds. The predicted molar refractivity (Wildman–Crippen MR) is 86.1 cm³/mol. The van der Waals surface area contributed by atoms with Gasteiger partial charge in [-0.05, 0) is 53.5 Å². The lowest BCUT2D eigenvalue weighted by Gasteiger charge is -2.07. The normalized spacial score (nSPS) is 11.3. The first-order valence-electron chi connectivity index (χ1n) is 6.22. The Morgan fingerprint density at radius 1 is 1.43 bits per heavy atom. The van der Waals surface area contributed by atoms with Gasteiger partial charge in [-0.25, -0.2) is 10.4 Å². The number of H-pyrrole nitrogens is 1. The maximum Gasteiger partial charge on any atom is 0.252 e. The number of benzene rings is 1. The van der Waals surface area contributed by atoms with Crippen molar-refractivity contribution < 1.29 is 4.74 Å². The molecule has 0 radical (unpaired) electrons. The summed E-state index contributed by atoms with van der Waals surface area (Å²) < 4.78 is 6.03. The molecule has 0 aliphatic rings. The molecule has 6 nitrogen and oxygen atoms in total. The third kappa shape index (κ3) is 3.91. The van der Waals surface area contributed by atoms with Gasteiger partial charge in [-0.15, -0.1) is 0 Å². The lowest BCUT2D eigenvalue weighted by atomic mass is 10.1. The molecule has 2 rings (SSSR count). The second kappa shape index (κ2) is 6.53. The number of hydrogen-bond acceptors (Lipinski definition) is 5. The molecule has 0 atom stereocenters. The van der Waals surface area contributed by atoms with Gasteiger partial charge in [-0.1, -0.05) is 0 Å². The fraction of sp³-hybridized carbons (Fsp3) is 0.214. The number of aryl methyl sites for hydroxylation is 1. The van der Waals surface area contributed by atoms with E-state index in [0.29, 0.717) is 11.6 Å². The number of methoxy groups -OCH3 is 1. The molecule has 0 fully saturated rings. The average molecular weight is 351 g/mol. The number of hydrogen-bond donors (Lipinski definition) is 2. The highest BCUT2D eigenvalue weighted by atomic mass is 79.9. The van der Waals surface area contributed by atoms with Crippen molar-refractivity contribution in [3.63, 3.8) is 0 Å². The van der Waals surface area contributed by atoms with Crippen molar-refractivity contribution in [3.05, 3.63) is 50.3 Å². The van der Waals surface area contributed by atoms with Crippen LogP contribution in [0.1, 0.15) is 18.2 Å². The van der Waals surface area contributed by atoms with Crippen molar-refractivity contribution in [2.45, 2.75) is 13.8 Å². The van der Waals surface area contributed by atoms with Gasteiger partial charge in [0.05, 0.1) is 17.3 Å². The summed E-state index contributed by atoms with van der Waals surface area (Å²) in [4.78, 5) is 18.0. The minimum atomic E-state index is -0.218. The van der Waals surface area contributed by atoms with Crippen LogP contribution in [0.2, 0.25) is 0 Å². The minimum Gasteiger partial charge on any atom is -0.496 e. The van der Waals surface area contributed by atoms with E-state index < -0.39 is 0 Å². The summed E-state index contributed by atoms with van der Waals surface area (Å²) in [7, 11) is 1.61. The van der Waals surface area contributed by atoms with Gasteiger partial charge in [0.15, 0.2) is 0 Å². The summed E-state index contributed by atoms with van der Waals surface area (Å²) in [5.41, 5.74) is 4.83. The van der Waals surface area contributed by atoms with E-state index in [2.05, 4.69) is 36.4 Å². The lowest BCUT2D eigenvalue weighted by Crippen LogP contribution is -2.11. The molecule has 0 bridgehead atoms. The minimum absolute atomic E-state index is 0.218. The Morgan fingerprint density at radius 3 is 2.81 bits per heavy atom. The highest BCUT2D eigenvalue weighted by molar-refractivity contribution is 9.10. The predicted octanol–water partition coefficient (Wildman–Crippen LogP) is 2.69. The molecule has 1 aromatic heterocycles. The summed E-state index contributed by atoms with van der Waals surface area (Å²) in [5, 5.41) is 4.22. The Labute approximate surface area is 130 Å². The average Bonchev–Trinajstić information content (AvgIpc) is 2.43. The largest absolute Gasteiger partial charge is 0.496 e. The number of hydrazone groups is 1. The van der Waals surface area contributed by atoms with Crippen LogP contribution in [0, 0.1) is 6.92 Å². The Bertz CT molecular complexity index is 740. The van der Waals surface area contributed by atoms with Crippen molar-refractivity contribution in [2.75, 3.05) is 12.5 Å². The SMILES string of the molecule is COc1ccc(/C(C)=N\Nc2nc(C)cc(=O)[nH]2)cc1Br. The van der Waals surface area contributed by atoms with Crippen LogP contribution in [0.25, 0.3) is 0 Å². The van der Waals surface area contributed by atoms with Crippen LogP contribution in [-0.4, -0.2) is 22.8 Å². The monoisotopic (exact) mass is 350 g/mol. The number of nitrogens with one attached hydrogen (secondary N) is 2. The fourth-order valence-electron chi connectivity index (χ4n) is 1.72. The van der Waals surface area contributed by atoms with Gasteiger partial charge in [0.1, 0.15) is 5.75 Å². The van der Waals surface area contributed by atoms with Crippen molar-refractivity contribution in [2.24, 2.45) is 5.10 Å². The van der Waals surface area contributed by atoms with Gasteiger partial charge < -0.3 is 4.74 Å². The van der Waals surface area contributed by atoms with Crippen molar-refractivity contribution in [3.8, 4) is 5.75 Å². The second-order valence-corrected chi connectivity index (χ2v) is 5.25. The van der Waals surface area contributed by atoms with Gasteiger partial charge in [0.2, 0.25) is 5.95 Å². The van der Waals surface area contributed by atoms with Crippen LogP contribution in [0.3, 0.4) is 0 Å². The molecule has 21 heavy (non-hydrogen) atoms. The smallest absolute Gasteiger partial charge is 0.252 e. The van der Waals surface area contributed by atoms with Crippen LogP contribution in [-0.2, 0) is 0 Å². The quantitative estimate of drug-likeness (QED) is 0.656. The Hall–Kier alpha value is -2.15. The van der Waals surface area contributed by atoms with E-state index in [1.165, 1.54) is 6.07 Å². The first kappa shape index (κ1) is 15.2. The Morgan fingerprint density at radius 2 is 2.19 bits per heavy atom. The van der Waals surface area contributed by atoms with E-state index in [0.717, 1.165) is 21.5 Å². The summed E-state index contributed by atoms with van der Waals surface area (Å²) >= 11 is 3.43. The van der Waals surface area contributed by atoms with Gasteiger partial charge in [0.25, 0.3) is 5.56 Å². The van der Waals surface area contributed by atoms with Crippen molar-refractivity contribution in [1.29, 1.82) is 0 Å². The van der Waals surface area contributed by atoms with E-state index in [1.807, 2.05) is 25.1 Å².